The van der Waals surface area contributed by atoms with Gasteiger partial charge in [0.1, 0.15) is 11.7 Å². The highest BCUT2D eigenvalue weighted by Crippen LogP contribution is 2.26. The highest BCUT2D eigenvalue weighted by molar-refractivity contribution is 9.10. The van der Waals surface area contributed by atoms with Crippen LogP contribution >= 0.6 is 15.9 Å². The molecular weight excluding hydrogens is 404 g/mol. The Morgan fingerprint density at radius 3 is 2.70 bits per heavy atom. The largest absolute Gasteiger partial charge is 0.349 e. The number of carbonyl (C=O) groups excluding carboxylic acids is 1. The van der Waals surface area contributed by atoms with Crippen LogP contribution in [0, 0.1) is 6.92 Å². The zero-order valence-electron chi connectivity index (χ0n) is 15.4. The number of amides is 1. The third-order valence-corrected chi connectivity index (χ3v) is 5.58. The molecule has 0 spiro atoms. The second-order valence-corrected chi connectivity index (χ2v) is 8.03. The molecule has 3 heterocycles. The van der Waals surface area contributed by atoms with Crippen molar-refractivity contribution in [1.29, 1.82) is 0 Å². The van der Waals surface area contributed by atoms with Gasteiger partial charge in [0.25, 0.3) is 0 Å². The van der Waals surface area contributed by atoms with Gasteiger partial charge in [-0.1, -0.05) is 28.1 Å². The maximum absolute atomic E-state index is 13.1. The molecule has 0 saturated carbocycles. The van der Waals surface area contributed by atoms with Gasteiger partial charge >= 0.3 is 0 Å². The molecule has 5 nitrogen and oxygen atoms in total. The fraction of sp³-hybridized carbons (Fsp3) is 0.333. The third kappa shape index (κ3) is 4.06. The molecule has 4 rings (SSSR count). The zero-order valence-corrected chi connectivity index (χ0v) is 16.9. The molecule has 27 heavy (non-hydrogen) atoms. The van der Waals surface area contributed by atoms with Crippen LogP contribution in [0.2, 0.25) is 0 Å². The Labute approximate surface area is 167 Å². The molecule has 140 valence electrons. The number of hydrogen-bond acceptors (Lipinski definition) is 3. The van der Waals surface area contributed by atoms with Crippen molar-refractivity contribution in [1.82, 2.24) is 19.6 Å². The predicted molar refractivity (Wildman–Crippen MR) is 109 cm³/mol. The summed E-state index contributed by atoms with van der Waals surface area (Å²) in [6, 6.07) is 11.9. The highest BCUT2D eigenvalue weighted by Gasteiger charge is 2.29. The molecular formula is C21H23BrN4O. The van der Waals surface area contributed by atoms with Crippen molar-refractivity contribution < 1.29 is 4.79 Å². The fourth-order valence-electron chi connectivity index (χ4n) is 3.67. The Morgan fingerprint density at radius 1 is 1.22 bits per heavy atom. The number of likely N-dealkylation sites (tertiary alicyclic amines) is 1. The summed E-state index contributed by atoms with van der Waals surface area (Å²) in [4.78, 5) is 19.9. The number of benzene rings is 1. The topological polar surface area (TPSA) is 49.6 Å². The number of pyridine rings is 1. The summed E-state index contributed by atoms with van der Waals surface area (Å²) in [7, 11) is 0. The number of carbonyl (C=O) groups is 1. The second kappa shape index (κ2) is 7.82. The minimum atomic E-state index is -0.250. The smallest absolute Gasteiger partial charge is 0.242 e. The van der Waals surface area contributed by atoms with Crippen molar-refractivity contribution in [3.63, 3.8) is 0 Å². The van der Waals surface area contributed by atoms with E-state index in [1.807, 2.05) is 53.2 Å². The van der Waals surface area contributed by atoms with Gasteiger partial charge in [-0.15, -0.1) is 0 Å². The van der Waals surface area contributed by atoms with Gasteiger partial charge in [-0.25, -0.2) is 4.98 Å². The lowest BCUT2D eigenvalue weighted by atomic mass is 10.0. The molecule has 0 unspecified atom stereocenters. The normalized spacial score (nSPS) is 15.9. The minimum absolute atomic E-state index is 0.0347. The van der Waals surface area contributed by atoms with Gasteiger partial charge in [-0.2, -0.15) is 0 Å². The third-order valence-electron chi connectivity index (χ3n) is 5.05. The van der Waals surface area contributed by atoms with Gasteiger partial charge in [0, 0.05) is 16.9 Å². The Bertz CT molecular complexity index is 944. The lowest BCUT2D eigenvalue weighted by molar-refractivity contribution is -0.126. The standard InChI is InChI=1S/C21H23BrN4O/c1-15-8-11-26-14-18(24-19(26)12-15)13-23-21(27)20(25-9-2-3-10-25)16-4-6-17(22)7-5-16/h4-8,11-12,14,20H,2-3,9-10,13H2,1H3,(H,23,27)/t20-/m1/s1. The van der Waals surface area contributed by atoms with Gasteiger partial charge in [-0.3, -0.25) is 9.69 Å². The van der Waals surface area contributed by atoms with E-state index >= 15 is 0 Å². The first-order chi connectivity index (χ1) is 13.1. The van der Waals surface area contributed by atoms with Crippen molar-refractivity contribution in [2.45, 2.75) is 32.4 Å². The molecule has 1 aliphatic rings. The molecule has 1 N–H and O–H groups in total. The highest BCUT2D eigenvalue weighted by atomic mass is 79.9. The molecule has 6 heteroatoms. The van der Waals surface area contributed by atoms with Gasteiger partial charge < -0.3 is 9.72 Å². The summed E-state index contributed by atoms with van der Waals surface area (Å²) in [5, 5.41) is 3.10. The van der Waals surface area contributed by atoms with Gasteiger partial charge in [0.15, 0.2) is 0 Å². The van der Waals surface area contributed by atoms with Crippen molar-refractivity contribution >= 4 is 27.5 Å². The van der Waals surface area contributed by atoms with Crippen LogP contribution in [0.4, 0.5) is 0 Å². The Morgan fingerprint density at radius 2 is 1.96 bits per heavy atom. The molecule has 0 aliphatic carbocycles. The molecule has 1 fully saturated rings. The Balaban J connectivity index is 1.51. The summed E-state index contributed by atoms with van der Waals surface area (Å²) in [5.74, 6) is 0.0347. The SMILES string of the molecule is Cc1ccn2cc(CNC(=O)[C@@H](c3ccc(Br)cc3)N3CCCC3)nc2c1. The maximum Gasteiger partial charge on any atom is 0.242 e. The van der Waals surface area contributed by atoms with E-state index in [0.29, 0.717) is 6.54 Å². The first-order valence-corrected chi connectivity index (χ1v) is 10.1. The molecule has 1 amide bonds. The zero-order chi connectivity index (χ0) is 18.8. The molecule has 2 aromatic heterocycles. The van der Waals surface area contributed by atoms with E-state index in [-0.39, 0.29) is 11.9 Å². The number of nitrogens with zero attached hydrogens (tertiary/aromatic N) is 3. The van der Waals surface area contributed by atoms with Crippen molar-refractivity contribution in [3.05, 3.63) is 70.1 Å². The number of nitrogens with one attached hydrogen (secondary N) is 1. The number of hydrogen-bond donors (Lipinski definition) is 1. The summed E-state index contributed by atoms with van der Waals surface area (Å²) in [6.45, 7) is 4.40. The van der Waals surface area contributed by atoms with E-state index in [4.69, 9.17) is 0 Å². The van der Waals surface area contributed by atoms with E-state index in [1.54, 1.807) is 0 Å². The van der Waals surface area contributed by atoms with Crippen LogP contribution in [-0.4, -0.2) is 33.3 Å². The fourth-order valence-corrected chi connectivity index (χ4v) is 3.93. The van der Waals surface area contributed by atoms with Crippen LogP contribution in [0.3, 0.4) is 0 Å². The average Bonchev–Trinajstić information content (AvgIpc) is 3.31. The van der Waals surface area contributed by atoms with E-state index in [9.17, 15) is 4.79 Å². The Hall–Kier alpha value is -2.18. The number of aryl methyl sites for hydroxylation is 1. The van der Waals surface area contributed by atoms with E-state index in [2.05, 4.69) is 38.1 Å². The van der Waals surface area contributed by atoms with Crippen molar-refractivity contribution in [2.24, 2.45) is 0 Å². The maximum atomic E-state index is 13.1. The van der Waals surface area contributed by atoms with Crippen LogP contribution < -0.4 is 5.32 Å². The lowest BCUT2D eigenvalue weighted by Gasteiger charge is -2.27. The molecule has 1 saturated heterocycles. The summed E-state index contributed by atoms with van der Waals surface area (Å²) in [5.41, 5.74) is 3.98. The number of imidazole rings is 1. The number of halogens is 1. The molecule has 1 aromatic carbocycles. The number of fused-ring (bicyclic) bond motifs is 1. The molecule has 0 bridgehead atoms. The second-order valence-electron chi connectivity index (χ2n) is 7.12. The van der Waals surface area contributed by atoms with E-state index in [1.165, 1.54) is 5.56 Å². The Kier molecular flexibility index (Phi) is 5.27. The van der Waals surface area contributed by atoms with Gasteiger partial charge in [-0.05, 0) is 68.2 Å². The first-order valence-electron chi connectivity index (χ1n) is 9.31. The van der Waals surface area contributed by atoms with Crippen molar-refractivity contribution in [2.75, 3.05) is 13.1 Å². The summed E-state index contributed by atoms with van der Waals surface area (Å²) < 4.78 is 3.01. The number of aromatic nitrogens is 2. The first kappa shape index (κ1) is 18.2. The minimum Gasteiger partial charge on any atom is -0.349 e. The van der Waals surface area contributed by atoms with E-state index in [0.717, 1.165) is 47.3 Å². The average molecular weight is 427 g/mol. The monoisotopic (exact) mass is 426 g/mol. The van der Waals surface area contributed by atoms with Crippen LogP contribution in [0.25, 0.3) is 5.65 Å². The lowest BCUT2D eigenvalue weighted by Crippen LogP contribution is -2.39. The van der Waals surface area contributed by atoms with E-state index < -0.39 is 0 Å². The molecule has 1 atom stereocenters. The van der Waals surface area contributed by atoms with Crippen LogP contribution in [-0.2, 0) is 11.3 Å². The van der Waals surface area contributed by atoms with Crippen LogP contribution in [0.5, 0.6) is 0 Å². The van der Waals surface area contributed by atoms with Gasteiger partial charge in [0.2, 0.25) is 5.91 Å². The summed E-state index contributed by atoms with van der Waals surface area (Å²) in [6.07, 6.45) is 6.26. The molecule has 1 aliphatic heterocycles. The quantitative estimate of drug-likeness (QED) is 0.673. The molecule has 0 radical (unpaired) electrons. The molecule has 3 aromatic rings. The van der Waals surface area contributed by atoms with Crippen molar-refractivity contribution in [3.8, 4) is 0 Å². The summed E-state index contributed by atoms with van der Waals surface area (Å²) >= 11 is 3.47. The number of rotatable bonds is 5. The van der Waals surface area contributed by atoms with Crippen LogP contribution in [0.1, 0.15) is 35.7 Å². The van der Waals surface area contributed by atoms with Gasteiger partial charge in [0.05, 0.1) is 12.2 Å². The van der Waals surface area contributed by atoms with Crippen LogP contribution in [0.15, 0.2) is 53.3 Å². The predicted octanol–water partition coefficient (Wildman–Crippen LogP) is 3.86.